The van der Waals surface area contributed by atoms with Gasteiger partial charge in [-0.25, -0.2) is 18.4 Å². The van der Waals surface area contributed by atoms with Crippen molar-refractivity contribution in [1.82, 2.24) is 4.90 Å². The van der Waals surface area contributed by atoms with Crippen LogP contribution in [-0.2, 0) is 19.6 Å². The number of nitrogens with zero attached hydrogens (tertiary/aromatic N) is 1. The molecule has 27 heavy (non-hydrogen) atoms. The third kappa shape index (κ3) is 5.67. The van der Waals surface area contributed by atoms with Gasteiger partial charge >= 0.3 is 6.09 Å². The molecule has 0 unspecified atom stereocenters. The highest BCUT2D eigenvalue weighted by Gasteiger charge is 2.39. The summed E-state index contributed by atoms with van der Waals surface area (Å²) in [6.45, 7) is 8.08. The van der Waals surface area contributed by atoms with Crippen LogP contribution in [0.5, 0.6) is 0 Å². The fraction of sp³-hybridized carbons (Fsp3) is 0.556. The van der Waals surface area contributed by atoms with Crippen molar-refractivity contribution in [3.63, 3.8) is 0 Å². The van der Waals surface area contributed by atoms with Crippen molar-refractivity contribution in [3.8, 4) is 0 Å². The lowest BCUT2D eigenvalue weighted by molar-refractivity contribution is -0.127. The van der Waals surface area contributed by atoms with Crippen LogP contribution in [0, 0.1) is 5.41 Å². The number of hydrogen-bond donors (Lipinski definition) is 2. The second-order valence-corrected chi connectivity index (χ2v) is 9.62. The first-order valence-electron chi connectivity index (χ1n) is 8.72. The highest BCUT2D eigenvalue weighted by atomic mass is 32.2. The molecule has 2 amide bonds. The van der Waals surface area contributed by atoms with E-state index in [1.165, 1.54) is 18.2 Å². The summed E-state index contributed by atoms with van der Waals surface area (Å²) in [5.74, 6) is -0.224. The average molecular weight is 397 g/mol. The van der Waals surface area contributed by atoms with Crippen molar-refractivity contribution in [3.05, 3.63) is 24.3 Å². The number of nitrogens with one attached hydrogen (secondary N) is 1. The summed E-state index contributed by atoms with van der Waals surface area (Å²) in [5, 5.41) is 7.88. The molecule has 0 bridgehead atoms. The van der Waals surface area contributed by atoms with Crippen LogP contribution >= 0.6 is 0 Å². The van der Waals surface area contributed by atoms with Crippen LogP contribution < -0.4 is 10.5 Å². The zero-order chi connectivity index (χ0) is 20.5. The van der Waals surface area contributed by atoms with Crippen LogP contribution in [0.4, 0.5) is 10.5 Å². The number of nitrogens with two attached hydrogens (primary N) is 1. The molecule has 0 aromatic heterocycles. The summed E-state index contributed by atoms with van der Waals surface area (Å²) in [6.07, 6.45) is 0.575. The van der Waals surface area contributed by atoms with Gasteiger partial charge in [0.25, 0.3) is 0 Å². The normalized spacial score (nSPS) is 17.3. The smallest absolute Gasteiger partial charge is 0.410 e. The van der Waals surface area contributed by atoms with E-state index < -0.39 is 21.0 Å². The minimum Gasteiger partial charge on any atom is -0.444 e. The predicted octanol–water partition coefficient (Wildman–Crippen LogP) is 2.31. The van der Waals surface area contributed by atoms with Crippen LogP contribution in [0.1, 0.15) is 40.5 Å². The van der Waals surface area contributed by atoms with Crippen LogP contribution in [0.25, 0.3) is 0 Å². The Hall–Kier alpha value is -2.13. The monoisotopic (exact) mass is 397 g/mol. The van der Waals surface area contributed by atoms with Gasteiger partial charge in [-0.1, -0.05) is 13.0 Å². The Morgan fingerprint density at radius 2 is 1.81 bits per heavy atom. The third-order valence-electron chi connectivity index (χ3n) is 4.49. The quantitative estimate of drug-likeness (QED) is 0.811. The second kappa shape index (κ2) is 7.47. The highest BCUT2D eigenvalue weighted by Crippen LogP contribution is 2.33. The Labute approximate surface area is 160 Å². The zero-order valence-corrected chi connectivity index (χ0v) is 16.9. The van der Waals surface area contributed by atoms with Gasteiger partial charge in [0.1, 0.15) is 5.60 Å². The van der Waals surface area contributed by atoms with E-state index >= 15 is 0 Å². The molecule has 0 radical (unpaired) electrons. The van der Waals surface area contributed by atoms with Crippen molar-refractivity contribution in [2.75, 3.05) is 18.4 Å². The molecular weight excluding hydrogens is 370 g/mol. The molecule has 0 aliphatic carbocycles. The van der Waals surface area contributed by atoms with E-state index in [2.05, 4.69) is 5.32 Å². The van der Waals surface area contributed by atoms with Gasteiger partial charge in [-0.2, -0.15) is 0 Å². The minimum absolute atomic E-state index is 0.0646. The topological polar surface area (TPSA) is 119 Å². The highest BCUT2D eigenvalue weighted by molar-refractivity contribution is 7.89. The van der Waals surface area contributed by atoms with E-state index in [0.717, 1.165) is 0 Å². The first kappa shape index (κ1) is 21.2. The van der Waals surface area contributed by atoms with E-state index in [4.69, 9.17) is 9.88 Å². The number of benzene rings is 1. The minimum atomic E-state index is -3.84. The summed E-state index contributed by atoms with van der Waals surface area (Å²) in [4.78, 5) is 26.4. The third-order valence-corrected chi connectivity index (χ3v) is 5.40. The molecule has 0 spiro atoms. The maximum Gasteiger partial charge on any atom is 0.410 e. The summed E-state index contributed by atoms with van der Waals surface area (Å²) in [7, 11) is -3.84. The fourth-order valence-corrected chi connectivity index (χ4v) is 3.33. The zero-order valence-electron chi connectivity index (χ0n) is 16.1. The molecule has 1 aliphatic heterocycles. The Balaban J connectivity index is 2.01. The van der Waals surface area contributed by atoms with E-state index in [0.29, 0.717) is 31.6 Å². The molecule has 1 aromatic carbocycles. The number of carbonyl (C=O) groups excluding carboxylic acids is 2. The first-order chi connectivity index (χ1) is 12.3. The number of piperidine rings is 1. The predicted molar refractivity (Wildman–Crippen MR) is 102 cm³/mol. The molecule has 1 saturated heterocycles. The molecule has 1 fully saturated rings. The number of anilines is 1. The molecule has 0 atom stereocenters. The number of rotatable bonds is 3. The summed E-state index contributed by atoms with van der Waals surface area (Å²) in [5.41, 5.74) is -0.873. The van der Waals surface area contributed by atoms with Gasteiger partial charge < -0.3 is 15.0 Å². The molecule has 1 aliphatic rings. The van der Waals surface area contributed by atoms with Gasteiger partial charge in [0.05, 0.1) is 10.3 Å². The largest absolute Gasteiger partial charge is 0.444 e. The average Bonchev–Trinajstić information content (AvgIpc) is 2.53. The fourth-order valence-electron chi connectivity index (χ4n) is 2.77. The number of carbonyl (C=O) groups is 2. The number of likely N-dealkylation sites (tertiary alicyclic amines) is 1. The molecule has 2 rings (SSSR count). The lowest BCUT2D eigenvalue weighted by atomic mass is 9.79. The lowest BCUT2D eigenvalue weighted by Crippen LogP contribution is -2.48. The van der Waals surface area contributed by atoms with E-state index in [-0.39, 0.29) is 16.9 Å². The molecule has 3 N–H and O–H groups in total. The Morgan fingerprint density at radius 1 is 1.22 bits per heavy atom. The molecule has 150 valence electrons. The number of primary sulfonamides is 1. The summed E-state index contributed by atoms with van der Waals surface area (Å²) >= 11 is 0. The molecule has 9 heteroatoms. The number of ether oxygens (including phenoxy) is 1. The van der Waals surface area contributed by atoms with Crippen LogP contribution in [0.2, 0.25) is 0 Å². The van der Waals surface area contributed by atoms with Crippen LogP contribution in [0.3, 0.4) is 0 Å². The van der Waals surface area contributed by atoms with E-state index in [9.17, 15) is 18.0 Å². The summed E-state index contributed by atoms with van der Waals surface area (Å²) < 4.78 is 28.3. The number of hydrogen-bond acceptors (Lipinski definition) is 5. The SMILES string of the molecule is CC(C)(C)OC(=O)N1CCC(C)(C(=O)Nc2cccc(S(N)(=O)=O)c2)CC1. The van der Waals surface area contributed by atoms with Gasteiger partial charge in [0, 0.05) is 18.8 Å². The van der Waals surface area contributed by atoms with Crippen molar-refractivity contribution in [2.24, 2.45) is 10.6 Å². The van der Waals surface area contributed by atoms with Gasteiger partial charge in [0.15, 0.2) is 0 Å². The van der Waals surface area contributed by atoms with Crippen molar-refractivity contribution in [2.45, 2.75) is 51.0 Å². The molecule has 8 nitrogen and oxygen atoms in total. The molecule has 1 heterocycles. The number of amides is 2. The van der Waals surface area contributed by atoms with Crippen molar-refractivity contribution >= 4 is 27.7 Å². The van der Waals surface area contributed by atoms with Gasteiger partial charge in [0.2, 0.25) is 15.9 Å². The molecule has 0 saturated carbocycles. The Bertz CT molecular complexity index is 822. The first-order valence-corrected chi connectivity index (χ1v) is 10.3. The lowest BCUT2D eigenvalue weighted by Gasteiger charge is -2.38. The van der Waals surface area contributed by atoms with Gasteiger partial charge in [-0.05, 0) is 51.8 Å². The van der Waals surface area contributed by atoms with Gasteiger partial charge in [-0.3, -0.25) is 4.79 Å². The summed E-state index contributed by atoms with van der Waals surface area (Å²) in [6, 6.07) is 5.81. The standard InChI is InChI=1S/C18H27N3O5S/c1-17(2,3)26-16(23)21-10-8-18(4,9-11-21)15(22)20-13-6-5-7-14(12-13)27(19,24)25/h5-7,12H,8-11H2,1-4H3,(H,20,22)(H2,19,24,25). The second-order valence-electron chi connectivity index (χ2n) is 8.06. The number of sulfonamides is 1. The Morgan fingerprint density at radius 3 is 2.33 bits per heavy atom. The van der Waals surface area contributed by atoms with Crippen LogP contribution in [-0.4, -0.2) is 44.0 Å². The van der Waals surface area contributed by atoms with Crippen molar-refractivity contribution < 1.29 is 22.7 Å². The van der Waals surface area contributed by atoms with E-state index in [1.54, 1.807) is 11.0 Å². The molecule has 1 aromatic rings. The Kier molecular flexibility index (Phi) is 5.86. The molecular formula is C18H27N3O5S. The van der Waals surface area contributed by atoms with Crippen LogP contribution in [0.15, 0.2) is 29.2 Å². The van der Waals surface area contributed by atoms with Crippen molar-refractivity contribution in [1.29, 1.82) is 0 Å². The van der Waals surface area contributed by atoms with E-state index in [1.807, 2.05) is 27.7 Å². The maximum absolute atomic E-state index is 12.7. The maximum atomic E-state index is 12.7. The van der Waals surface area contributed by atoms with Gasteiger partial charge in [-0.15, -0.1) is 0 Å².